The van der Waals surface area contributed by atoms with Gasteiger partial charge in [-0.1, -0.05) is 13.3 Å². The van der Waals surface area contributed by atoms with Crippen LogP contribution < -0.4 is 4.90 Å². The fraction of sp³-hybridized carbons (Fsp3) is 0.615. The fourth-order valence-corrected chi connectivity index (χ4v) is 2.26. The standard InChI is InChI=1S/C13H21N5/c1-5-7-8-18(6-2)13-11-10(3)16-17(4)12(11)14-9-15-13/h9H,5-8H2,1-4H3. The normalized spacial score (nSPS) is 11.1. The topological polar surface area (TPSA) is 46.8 Å². The summed E-state index contributed by atoms with van der Waals surface area (Å²) >= 11 is 0. The van der Waals surface area contributed by atoms with Crippen molar-refractivity contribution < 1.29 is 0 Å². The number of unbranched alkanes of at least 4 members (excludes halogenated alkanes) is 1. The lowest BCUT2D eigenvalue weighted by Gasteiger charge is -2.22. The number of hydrogen-bond donors (Lipinski definition) is 0. The molecule has 0 amide bonds. The van der Waals surface area contributed by atoms with Gasteiger partial charge in [0.1, 0.15) is 12.1 Å². The van der Waals surface area contributed by atoms with E-state index in [9.17, 15) is 0 Å². The molecule has 5 nitrogen and oxygen atoms in total. The molecule has 0 fully saturated rings. The third kappa shape index (κ3) is 2.17. The molecule has 2 rings (SSSR count). The van der Waals surface area contributed by atoms with E-state index >= 15 is 0 Å². The zero-order valence-electron chi connectivity index (χ0n) is 11.6. The van der Waals surface area contributed by atoms with E-state index < -0.39 is 0 Å². The van der Waals surface area contributed by atoms with Gasteiger partial charge < -0.3 is 4.90 Å². The number of rotatable bonds is 5. The predicted molar refractivity (Wildman–Crippen MR) is 73.8 cm³/mol. The molecule has 2 aromatic heterocycles. The molecular weight excluding hydrogens is 226 g/mol. The van der Waals surface area contributed by atoms with Crippen LogP contribution in [0.2, 0.25) is 0 Å². The lowest BCUT2D eigenvalue weighted by atomic mass is 10.2. The predicted octanol–water partition coefficient (Wildman–Crippen LogP) is 2.30. The highest BCUT2D eigenvalue weighted by Gasteiger charge is 2.16. The van der Waals surface area contributed by atoms with E-state index in [0.29, 0.717) is 0 Å². The quantitative estimate of drug-likeness (QED) is 0.813. The van der Waals surface area contributed by atoms with E-state index in [1.807, 2.05) is 18.7 Å². The zero-order valence-corrected chi connectivity index (χ0v) is 11.6. The van der Waals surface area contributed by atoms with Gasteiger partial charge in [0, 0.05) is 20.1 Å². The summed E-state index contributed by atoms with van der Waals surface area (Å²) in [6, 6.07) is 0. The van der Waals surface area contributed by atoms with Gasteiger partial charge in [-0.2, -0.15) is 5.10 Å². The number of hydrogen-bond acceptors (Lipinski definition) is 4. The van der Waals surface area contributed by atoms with E-state index in [1.54, 1.807) is 6.33 Å². The van der Waals surface area contributed by atoms with Gasteiger partial charge >= 0.3 is 0 Å². The average Bonchev–Trinajstić information content (AvgIpc) is 2.67. The van der Waals surface area contributed by atoms with Crippen LogP contribution in [0.4, 0.5) is 5.82 Å². The third-order valence-corrected chi connectivity index (χ3v) is 3.24. The van der Waals surface area contributed by atoms with Crippen molar-refractivity contribution in [1.29, 1.82) is 0 Å². The minimum Gasteiger partial charge on any atom is -0.356 e. The van der Waals surface area contributed by atoms with Crippen molar-refractivity contribution in [2.45, 2.75) is 33.6 Å². The molecule has 5 heteroatoms. The molecule has 0 bridgehead atoms. The lowest BCUT2D eigenvalue weighted by Crippen LogP contribution is -2.25. The van der Waals surface area contributed by atoms with Gasteiger partial charge in [-0.3, -0.25) is 4.68 Å². The Morgan fingerprint density at radius 1 is 1.28 bits per heavy atom. The number of nitrogens with zero attached hydrogens (tertiary/aromatic N) is 5. The Kier molecular flexibility index (Phi) is 3.79. The molecule has 0 N–H and O–H groups in total. The first-order valence-electron chi connectivity index (χ1n) is 6.58. The molecule has 98 valence electrons. The van der Waals surface area contributed by atoms with Crippen LogP contribution in [0, 0.1) is 6.92 Å². The SMILES string of the molecule is CCCCN(CC)c1ncnc2c1c(C)nn2C. The van der Waals surface area contributed by atoms with Crippen molar-refractivity contribution in [3.8, 4) is 0 Å². The molecule has 0 saturated heterocycles. The third-order valence-electron chi connectivity index (χ3n) is 3.24. The Bertz CT molecular complexity index is 531. The molecule has 0 radical (unpaired) electrons. The summed E-state index contributed by atoms with van der Waals surface area (Å²) in [6.07, 6.45) is 4.00. The van der Waals surface area contributed by atoms with Gasteiger partial charge in [0.05, 0.1) is 11.1 Å². The van der Waals surface area contributed by atoms with E-state index in [0.717, 1.165) is 35.6 Å². The van der Waals surface area contributed by atoms with E-state index in [-0.39, 0.29) is 0 Å². The number of anilines is 1. The summed E-state index contributed by atoms with van der Waals surface area (Å²) < 4.78 is 1.82. The molecule has 2 heterocycles. The molecule has 0 aliphatic carbocycles. The van der Waals surface area contributed by atoms with Crippen LogP contribution in [0.25, 0.3) is 11.0 Å². The second-order valence-corrected chi connectivity index (χ2v) is 4.54. The van der Waals surface area contributed by atoms with Crippen molar-refractivity contribution in [2.24, 2.45) is 7.05 Å². The summed E-state index contributed by atoms with van der Waals surface area (Å²) in [4.78, 5) is 11.1. The summed E-state index contributed by atoms with van der Waals surface area (Å²) in [5, 5.41) is 5.52. The lowest BCUT2D eigenvalue weighted by molar-refractivity contribution is 0.725. The minimum atomic E-state index is 0.910. The maximum atomic E-state index is 4.47. The van der Waals surface area contributed by atoms with Crippen LogP contribution in [0.15, 0.2) is 6.33 Å². The second-order valence-electron chi connectivity index (χ2n) is 4.54. The molecule has 0 saturated carbocycles. The number of aryl methyl sites for hydroxylation is 2. The average molecular weight is 247 g/mol. The van der Waals surface area contributed by atoms with Crippen molar-refractivity contribution in [1.82, 2.24) is 19.7 Å². The van der Waals surface area contributed by atoms with Gasteiger partial charge in [-0.25, -0.2) is 9.97 Å². The minimum absolute atomic E-state index is 0.910. The molecule has 0 aliphatic heterocycles. The van der Waals surface area contributed by atoms with Gasteiger partial charge in [-0.05, 0) is 20.3 Å². The van der Waals surface area contributed by atoms with Crippen molar-refractivity contribution in [3.05, 3.63) is 12.0 Å². The van der Waals surface area contributed by atoms with E-state index in [2.05, 4.69) is 33.8 Å². The van der Waals surface area contributed by atoms with Crippen LogP contribution in [0.3, 0.4) is 0 Å². The highest BCUT2D eigenvalue weighted by Crippen LogP contribution is 2.25. The first kappa shape index (κ1) is 12.8. The number of aromatic nitrogens is 4. The summed E-state index contributed by atoms with van der Waals surface area (Å²) in [6.45, 7) is 8.38. The summed E-state index contributed by atoms with van der Waals surface area (Å²) in [5.74, 6) is 1.02. The van der Waals surface area contributed by atoms with Crippen molar-refractivity contribution >= 4 is 16.9 Å². The second kappa shape index (κ2) is 5.33. The molecular formula is C13H21N5. The van der Waals surface area contributed by atoms with Crippen LogP contribution in [-0.2, 0) is 7.05 Å². The summed E-state index contributed by atoms with van der Waals surface area (Å²) in [5.41, 5.74) is 1.91. The molecule has 0 atom stereocenters. The van der Waals surface area contributed by atoms with Gasteiger partial charge in [0.2, 0.25) is 0 Å². The van der Waals surface area contributed by atoms with Crippen molar-refractivity contribution in [3.63, 3.8) is 0 Å². The van der Waals surface area contributed by atoms with E-state index in [1.165, 1.54) is 12.8 Å². The maximum Gasteiger partial charge on any atom is 0.163 e. The Hall–Kier alpha value is -1.65. The Morgan fingerprint density at radius 2 is 2.06 bits per heavy atom. The molecule has 18 heavy (non-hydrogen) atoms. The highest BCUT2D eigenvalue weighted by molar-refractivity contribution is 5.89. The monoisotopic (exact) mass is 247 g/mol. The first-order valence-corrected chi connectivity index (χ1v) is 6.58. The highest BCUT2D eigenvalue weighted by atomic mass is 15.3. The van der Waals surface area contributed by atoms with Crippen molar-refractivity contribution in [2.75, 3.05) is 18.0 Å². The van der Waals surface area contributed by atoms with Crippen LogP contribution in [-0.4, -0.2) is 32.8 Å². The van der Waals surface area contributed by atoms with Gasteiger partial charge in [0.25, 0.3) is 0 Å². The molecule has 0 aliphatic rings. The Labute approximate surface area is 108 Å². The van der Waals surface area contributed by atoms with E-state index in [4.69, 9.17) is 0 Å². The number of fused-ring (bicyclic) bond motifs is 1. The largest absolute Gasteiger partial charge is 0.356 e. The molecule has 0 unspecified atom stereocenters. The molecule has 0 spiro atoms. The molecule has 2 aromatic rings. The fourth-order valence-electron chi connectivity index (χ4n) is 2.26. The van der Waals surface area contributed by atoms with Crippen LogP contribution in [0.1, 0.15) is 32.4 Å². The van der Waals surface area contributed by atoms with Crippen LogP contribution in [0.5, 0.6) is 0 Å². The zero-order chi connectivity index (χ0) is 13.1. The first-order chi connectivity index (χ1) is 8.69. The maximum absolute atomic E-state index is 4.47. The van der Waals surface area contributed by atoms with Crippen LogP contribution >= 0.6 is 0 Å². The smallest absolute Gasteiger partial charge is 0.163 e. The Balaban J connectivity index is 2.48. The van der Waals surface area contributed by atoms with Gasteiger partial charge in [0.15, 0.2) is 5.65 Å². The molecule has 0 aromatic carbocycles. The van der Waals surface area contributed by atoms with Gasteiger partial charge in [-0.15, -0.1) is 0 Å². The Morgan fingerprint density at radius 3 is 2.72 bits per heavy atom. The summed E-state index contributed by atoms with van der Waals surface area (Å²) in [7, 11) is 1.93.